The molecule has 0 atom stereocenters. The molecule has 0 bridgehead atoms. The molecule has 1 amide bonds. The Hall–Kier alpha value is -2.74. The number of pyridine rings is 1. The lowest BCUT2D eigenvalue weighted by molar-refractivity contribution is -0.130. The quantitative estimate of drug-likeness (QED) is 0.791. The van der Waals surface area contributed by atoms with Crippen LogP contribution in [0.25, 0.3) is 11.6 Å². The molecular formula is C23H25N3O2. The highest BCUT2D eigenvalue weighted by molar-refractivity contribution is 5.87. The number of aromatic nitrogens is 1. The maximum absolute atomic E-state index is 12.3. The van der Waals surface area contributed by atoms with Crippen LogP contribution in [-0.4, -0.2) is 34.7 Å². The first-order valence-corrected chi connectivity index (χ1v) is 9.97. The standard InChI is InChI=1S/C23H25N3O2/c1-23(2)14-26(22(28)8-10-24)11-9-19(23)18-12-16(13-21(27)15-6-7-15)25-20-5-3-4-17(18)20/h3-4,9,12,15H,5-8,11,13-14H2,1-2H3. The highest BCUT2D eigenvalue weighted by Crippen LogP contribution is 2.42. The molecule has 3 aliphatic rings. The number of hydrogen-bond acceptors (Lipinski definition) is 4. The Balaban J connectivity index is 1.68. The number of ketones is 1. The Labute approximate surface area is 165 Å². The smallest absolute Gasteiger partial charge is 0.237 e. The summed E-state index contributed by atoms with van der Waals surface area (Å²) in [5.74, 6) is 0.414. The molecule has 1 aromatic heterocycles. The van der Waals surface area contributed by atoms with E-state index in [2.05, 4.69) is 38.1 Å². The molecule has 0 N–H and O–H groups in total. The summed E-state index contributed by atoms with van der Waals surface area (Å²) in [6, 6.07) is 4.03. The van der Waals surface area contributed by atoms with Crippen molar-refractivity contribution < 1.29 is 9.59 Å². The molecule has 2 heterocycles. The van der Waals surface area contributed by atoms with E-state index in [0.29, 0.717) is 25.3 Å². The van der Waals surface area contributed by atoms with Crippen LogP contribution < -0.4 is 0 Å². The van der Waals surface area contributed by atoms with Crippen molar-refractivity contribution in [2.45, 2.75) is 46.0 Å². The zero-order chi connectivity index (χ0) is 19.9. The molecular weight excluding hydrogens is 350 g/mol. The van der Waals surface area contributed by atoms with Crippen LogP contribution in [0.3, 0.4) is 0 Å². The Kier molecular flexibility index (Phi) is 4.66. The largest absolute Gasteiger partial charge is 0.337 e. The normalized spacial score (nSPS) is 19.8. The van der Waals surface area contributed by atoms with Gasteiger partial charge in [0.05, 0.1) is 11.8 Å². The summed E-state index contributed by atoms with van der Waals surface area (Å²) in [7, 11) is 0. The second-order valence-electron chi connectivity index (χ2n) is 8.66. The third kappa shape index (κ3) is 3.52. The van der Waals surface area contributed by atoms with Crippen LogP contribution in [0, 0.1) is 22.7 Å². The molecule has 0 unspecified atom stereocenters. The van der Waals surface area contributed by atoms with Gasteiger partial charge in [-0.05, 0) is 30.0 Å². The van der Waals surface area contributed by atoms with E-state index in [9.17, 15) is 9.59 Å². The molecule has 144 valence electrons. The van der Waals surface area contributed by atoms with Gasteiger partial charge in [-0.3, -0.25) is 14.6 Å². The summed E-state index contributed by atoms with van der Waals surface area (Å²) in [4.78, 5) is 31.0. The average Bonchev–Trinajstić information content (AvgIpc) is 3.39. The van der Waals surface area contributed by atoms with Gasteiger partial charge in [-0.2, -0.15) is 5.26 Å². The topological polar surface area (TPSA) is 74.1 Å². The van der Waals surface area contributed by atoms with Gasteiger partial charge in [0.1, 0.15) is 12.2 Å². The van der Waals surface area contributed by atoms with Crippen molar-refractivity contribution in [3.05, 3.63) is 40.7 Å². The second kappa shape index (κ2) is 7.01. The molecule has 0 aromatic carbocycles. The maximum Gasteiger partial charge on any atom is 0.237 e. The molecule has 5 heteroatoms. The van der Waals surface area contributed by atoms with E-state index in [0.717, 1.165) is 41.8 Å². The molecule has 0 radical (unpaired) electrons. The Morgan fingerprint density at radius 3 is 2.82 bits per heavy atom. The first kappa shape index (κ1) is 18.6. The van der Waals surface area contributed by atoms with Crippen molar-refractivity contribution in [1.82, 2.24) is 9.88 Å². The lowest BCUT2D eigenvalue weighted by Crippen LogP contribution is -2.42. The number of rotatable bonds is 5. The van der Waals surface area contributed by atoms with Crippen molar-refractivity contribution >= 4 is 23.3 Å². The van der Waals surface area contributed by atoms with Crippen molar-refractivity contribution in [1.29, 1.82) is 5.26 Å². The van der Waals surface area contributed by atoms with E-state index in [4.69, 9.17) is 10.2 Å². The van der Waals surface area contributed by atoms with E-state index in [-0.39, 0.29) is 23.7 Å². The van der Waals surface area contributed by atoms with Crippen molar-refractivity contribution in [2.75, 3.05) is 13.1 Å². The van der Waals surface area contributed by atoms with Gasteiger partial charge in [0.15, 0.2) is 0 Å². The van der Waals surface area contributed by atoms with Crippen molar-refractivity contribution in [2.24, 2.45) is 11.3 Å². The molecule has 1 saturated carbocycles. The number of hydrogen-bond donors (Lipinski definition) is 0. The molecule has 5 nitrogen and oxygen atoms in total. The SMILES string of the molecule is CC1(C)CN(C(=O)CC#N)CC=C1c1cc(CC(=O)C2CC2)nc2c1C=CC2. The summed E-state index contributed by atoms with van der Waals surface area (Å²) in [5, 5.41) is 8.82. The fourth-order valence-electron chi connectivity index (χ4n) is 4.29. The van der Waals surface area contributed by atoms with Crippen LogP contribution in [0.1, 0.15) is 55.6 Å². The minimum atomic E-state index is -0.243. The number of nitrogens with zero attached hydrogens (tertiary/aromatic N) is 3. The summed E-state index contributed by atoms with van der Waals surface area (Å²) < 4.78 is 0. The first-order valence-electron chi connectivity index (χ1n) is 9.97. The zero-order valence-corrected chi connectivity index (χ0v) is 16.5. The van der Waals surface area contributed by atoms with E-state index < -0.39 is 0 Å². The predicted octanol–water partition coefficient (Wildman–Crippen LogP) is 3.34. The Morgan fingerprint density at radius 2 is 2.14 bits per heavy atom. The zero-order valence-electron chi connectivity index (χ0n) is 16.5. The van der Waals surface area contributed by atoms with Crippen LogP contribution in [0.4, 0.5) is 0 Å². The average molecular weight is 375 g/mol. The highest BCUT2D eigenvalue weighted by Gasteiger charge is 2.35. The molecule has 0 saturated heterocycles. The molecule has 1 aliphatic heterocycles. The van der Waals surface area contributed by atoms with Crippen LogP contribution in [0.5, 0.6) is 0 Å². The molecule has 1 fully saturated rings. The monoisotopic (exact) mass is 375 g/mol. The van der Waals surface area contributed by atoms with Crippen molar-refractivity contribution in [3.8, 4) is 6.07 Å². The van der Waals surface area contributed by atoms with Gasteiger partial charge in [-0.1, -0.05) is 32.1 Å². The van der Waals surface area contributed by atoms with Crippen LogP contribution in [0.2, 0.25) is 0 Å². The maximum atomic E-state index is 12.3. The number of carbonyl (C=O) groups excluding carboxylic acids is 2. The van der Waals surface area contributed by atoms with Gasteiger partial charge in [0, 0.05) is 48.5 Å². The lowest BCUT2D eigenvalue weighted by atomic mass is 9.76. The number of Topliss-reactive ketones (excluding diaryl/α,β-unsaturated/α-hetero) is 1. The van der Waals surface area contributed by atoms with E-state index in [1.807, 2.05) is 6.07 Å². The molecule has 4 rings (SSSR count). The molecule has 1 aromatic rings. The predicted molar refractivity (Wildman–Crippen MR) is 107 cm³/mol. The first-order chi connectivity index (χ1) is 13.4. The Morgan fingerprint density at radius 1 is 1.36 bits per heavy atom. The number of nitriles is 1. The third-order valence-corrected chi connectivity index (χ3v) is 5.88. The van der Waals surface area contributed by atoms with Gasteiger partial charge in [-0.15, -0.1) is 0 Å². The molecule has 28 heavy (non-hydrogen) atoms. The fourth-order valence-corrected chi connectivity index (χ4v) is 4.29. The molecule has 0 spiro atoms. The summed E-state index contributed by atoms with van der Waals surface area (Å²) in [6.45, 7) is 5.35. The highest BCUT2D eigenvalue weighted by atomic mass is 16.2. The fraction of sp³-hybridized carbons (Fsp3) is 0.478. The summed E-state index contributed by atoms with van der Waals surface area (Å²) in [5.41, 5.74) is 5.12. The minimum absolute atomic E-state index is 0.0833. The molecule has 2 aliphatic carbocycles. The van der Waals surface area contributed by atoms with E-state index >= 15 is 0 Å². The van der Waals surface area contributed by atoms with Crippen LogP contribution in [0.15, 0.2) is 18.2 Å². The van der Waals surface area contributed by atoms with E-state index in [1.165, 1.54) is 5.57 Å². The number of carbonyl (C=O) groups is 2. The van der Waals surface area contributed by atoms with Gasteiger partial charge in [0.2, 0.25) is 5.91 Å². The summed E-state index contributed by atoms with van der Waals surface area (Å²) >= 11 is 0. The second-order valence-corrected chi connectivity index (χ2v) is 8.66. The Bertz CT molecular complexity index is 945. The van der Waals surface area contributed by atoms with Gasteiger partial charge in [0.25, 0.3) is 0 Å². The minimum Gasteiger partial charge on any atom is -0.337 e. The van der Waals surface area contributed by atoms with Crippen LogP contribution >= 0.6 is 0 Å². The number of allylic oxidation sites excluding steroid dienone is 1. The van der Waals surface area contributed by atoms with Gasteiger partial charge >= 0.3 is 0 Å². The van der Waals surface area contributed by atoms with E-state index in [1.54, 1.807) is 4.90 Å². The lowest BCUT2D eigenvalue weighted by Gasteiger charge is -2.39. The van der Waals surface area contributed by atoms with Gasteiger partial charge in [-0.25, -0.2) is 0 Å². The van der Waals surface area contributed by atoms with Crippen molar-refractivity contribution in [3.63, 3.8) is 0 Å². The number of fused-ring (bicyclic) bond motifs is 1. The summed E-state index contributed by atoms with van der Waals surface area (Å²) in [6.07, 6.45) is 9.50. The van der Waals surface area contributed by atoms with Gasteiger partial charge < -0.3 is 4.90 Å². The number of amides is 1. The third-order valence-electron chi connectivity index (χ3n) is 5.88. The van der Waals surface area contributed by atoms with Crippen LogP contribution in [-0.2, 0) is 22.4 Å².